The quantitative estimate of drug-likeness (QED) is 0.386. The summed E-state index contributed by atoms with van der Waals surface area (Å²) in [6.45, 7) is 4.52. The lowest BCUT2D eigenvalue weighted by Gasteiger charge is -2.12. The largest absolute Gasteiger partial charge is 0.351 e. The predicted molar refractivity (Wildman–Crippen MR) is 139 cm³/mol. The van der Waals surface area contributed by atoms with Crippen LogP contribution in [0.5, 0.6) is 0 Å². The number of hydrogen-bond acceptors (Lipinski definition) is 5. The summed E-state index contributed by atoms with van der Waals surface area (Å²) in [6.07, 6.45) is 15.3. The third-order valence-corrected chi connectivity index (χ3v) is 8.05. The lowest BCUT2D eigenvalue weighted by Crippen LogP contribution is -2.16. The third kappa shape index (κ3) is 5.52. The van der Waals surface area contributed by atoms with E-state index in [-0.39, 0.29) is 0 Å². The summed E-state index contributed by atoms with van der Waals surface area (Å²) in [7, 11) is 0. The Hall–Kier alpha value is -2.53. The molecule has 0 radical (unpaired) electrons. The Morgan fingerprint density at radius 1 is 1.06 bits per heavy atom. The molecular weight excluding hydrogens is 424 g/mol. The Kier molecular flexibility index (Phi) is 6.86. The molecular formula is C28H34N4S. The molecule has 4 nitrogen and oxygen atoms in total. The van der Waals surface area contributed by atoms with Gasteiger partial charge in [0.05, 0.1) is 21.3 Å². The van der Waals surface area contributed by atoms with E-state index >= 15 is 0 Å². The van der Waals surface area contributed by atoms with Gasteiger partial charge < -0.3 is 5.32 Å². The van der Waals surface area contributed by atoms with Crippen LogP contribution in [-0.4, -0.2) is 21.0 Å². The molecule has 0 amide bonds. The summed E-state index contributed by atoms with van der Waals surface area (Å²) in [5, 5.41) is 4.74. The van der Waals surface area contributed by atoms with Crippen molar-refractivity contribution in [1.82, 2.24) is 15.0 Å². The highest BCUT2D eigenvalue weighted by molar-refractivity contribution is 7.15. The van der Waals surface area contributed by atoms with Gasteiger partial charge in [-0.1, -0.05) is 55.2 Å². The lowest BCUT2D eigenvalue weighted by atomic mass is 10.0. The molecule has 2 aliphatic rings. The maximum absolute atomic E-state index is 5.17. The lowest BCUT2D eigenvalue weighted by molar-refractivity contribution is 0.509. The van der Waals surface area contributed by atoms with Gasteiger partial charge in [0.2, 0.25) is 5.95 Å². The van der Waals surface area contributed by atoms with Crippen LogP contribution in [-0.2, 0) is 6.42 Å². The molecule has 5 rings (SSSR count). The van der Waals surface area contributed by atoms with Crippen LogP contribution in [0, 0.1) is 12.8 Å². The second-order valence-corrected chi connectivity index (χ2v) is 10.9. The van der Waals surface area contributed by atoms with Crippen LogP contribution in [0.4, 0.5) is 5.95 Å². The average Bonchev–Trinajstić information content (AvgIpc) is 3.43. The molecule has 1 aromatic carbocycles. The number of aryl methyl sites for hydroxylation is 1. The number of benzene rings is 1. The Morgan fingerprint density at radius 3 is 2.79 bits per heavy atom. The van der Waals surface area contributed by atoms with Crippen molar-refractivity contribution in [3.63, 3.8) is 0 Å². The summed E-state index contributed by atoms with van der Waals surface area (Å²) in [5.41, 5.74) is 5.97. The first-order valence-corrected chi connectivity index (χ1v) is 13.3. The van der Waals surface area contributed by atoms with Gasteiger partial charge in [0, 0.05) is 24.2 Å². The zero-order chi connectivity index (χ0) is 22.6. The van der Waals surface area contributed by atoms with Crippen molar-refractivity contribution in [2.75, 3.05) is 5.32 Å². The van der Waals surface area contributed by atoms with Gasteiger partial charge in [-0.15, -0.1) is 11.3 Å². The van der Waals surface area contributed by atoms with Crippen molar-refractivity contribution in [3.8, 4) is 21.8 Å². The van der Waals surface area contributed by atoms with E-state index in [2.05, 4.69) is 54.5 Å². The summed E-state index contributed by atoms with van der Waals surface area (Å²) >= 11 is 1.80. The molecule has 1 N–H and O–H groups in total. The van der Waals surface area contributed by atoms with Gasteiger partial charge >= 0.3 is 0 Å². The van der Waals surface area contributed by atoms with E-state index < -0.39 is 0 Å². The zero-order valence-electron chi connectivity index (χ0n) is 19.8. The second-order valence-electron chi connectivity index (χ2n) is 9.81. The standard InChI is InChI=1S/C28H34N4S/c1-19-7-5-9-21(14-13-19)18-25-32-26(22-10-6-8-20(2)17-22)27(33-25)24-15-16-29-28(31-24)30-23-11-3-4-12-23/h6,8-10,15-17,19,23H,3-5,7,11-14,18H2,1-2H3,(H,29,30,31). The normalized spacial score (nSPS) is 19.3. The molecule has 0 saturated heterocycles. The van der Waals surface area contributed by atoms with E-state index in [1.54, 1.807) is 16.9 Å². The fourth-order valence-corrected chi connectivity index (χ4v) is 6.12. The molecule has 1 atom stereocenters. The van der Waals surface area contributed by atoms with Gasteiger partial charge in [-0.3, -0.25) is 0 Å². The molecule has 1 saturated carbocycles. The Bertz CT molecular complexity index is 1130. The first-order valence-electron chi connectivity index (χ1n) is 12.5. The van der Waals surface area contributed by atoms with Crippen LogP contribution in [0.2, 0.25) is 0 Å². The molecule has 3 aromatic rings. The number of anilines is 1. The minimum atomic E-state index is 0.498. The fraction of sp³-hybridized carbons (Fsp3) is 0.464. The molecule has 0 bridgehead atoms. The van der Waals surface area contributed by atoms with E-state index in [4.69, 9.17) is 9.97 Å². The second kappa shape index (κ2) is 10.2. The van der Waals surface area contributed by atoms with Crippen molar-refractivity contribution in [3.05, 3.63) is 58.7 Å². The molecule has 0 aliphatic heterocycles. The first-order chi connectivity index (χ1) is 16.1. The highest BCUT2D eigenvalue weighted by Gasteiger charge is 2.20. The maximum atomic E-state index is 5.17. The fourth-order valence-electron chi connectivity index (χ4n) is 5.01. The van der Waals surface area contributed by atoms with Gasteiger partial charge in [-0.25, -0.2) is 15.0 Å². The van der Waals surface area contributed by atoms with Gasteiger partial charge in [-0.2, -0.15) is 0 Å². The Labute approximate surface area is 201 Å². The number of hydrogen-bond donors (Lipinski definition) is 1. The molecule has 2 aromatic heterocycles. The molecule has 33 heavy (non-hydrogen) atoms. The van der Waals surface area contributed by atoms with E-state index in [9.17, 15) is 0 Å². The molecule has 5 heteroatoms. The summed E-state index contributed by atoms with van der Waals surface area (Å²) in [6, 6.07) is 11.2. The molecule has 2 aliphatic carbocycles. The zero-order valence-corrected chi connectivity index (χ0v) is 20.6. The van der Waals surface area contributed by atoms with Crippen molar-refractivity contribution in [2.45, 2.75) is 77.7 Å². The van der Waals surface area contributed by atoms with Crippen molar-refractivity contribution in [2.24, 2.45) is 5.92 Å². The van der Waals surface area contributed by atoms with Gasteiger partial charge in [0.1, 0.15) is 0 Å². The maximum Gasteiger partial charge on any atom is 0.223 e. The Balaban J connectivity index is 1.48. The van der Waals surface area contributed by atoms with Crippen molar-refractivity contribution >= 4 is 17.3 Å². The average molecular weight is 459 g/mol. The number of rotatable bonds is 6. The minimum Gasteiger partial charge on any atom is -0.351 e. The van der Waals surface area contributed by atoms with E-state index in [1.165, 1.54) is 67.5 Å². The van der Waals surface area contributed by atoms with Gasteiger partial charge in [0.15, 0.2) is 0 Å². The summed E-state index contributed by atoms with van der Waals surface area (Å²) in [5.74, 6) is 1.56. The first kappa shape index (κ1) is 22.3. The monoisotopic (exact) mass is 458 g/mol. The molecule has 1 unspecified atom stereocenters. The van der Waals surface area contributed by atoms with E-state index in [1.807, 2.05) is 12.3 Å². The highest BCUT2D eigenvalue weighted by Crippen LogP contribution is 2.38. The highest BCUT2D eigenvalue weighted by atomic mass is 32.1. The number of nitrogens with one attached hydrogen (secondary N) is 1. The number of thiazole rings is 1. The van der Waals surface area contributed by atoms with Crippen LogP contribution in [0.3, 0.4) is 0 Å². The topological polar surface area (TPSA) is 50.7 Å². The SMILES string of the molecule is Cc1cccc(-c2nc(CC3=CCCC(C)CC3)sc2-c2ccnc(NC3CCCC3)n2)c1. The van der Waals surface area contributed by atoms with Crippen LogP contribution in [0.15, 0.2) is 48.2 Å². The third-order valence-electron chi connectivity index (χ3n) is 6.97. The van der Waals surface area contributed by atoms with Gasteiger partial charge in [0.25, 0.3) is 0 Å². The number of nitrogens with zero attached hydrogens (tertiary/aromatic N) is 3. The number of allylic oxidation sites excluding steroid dienone is 2. The predicted octanol–water partition coefficient (Wildman–Crippen LogP) is 7.61. The Morgan fingerprint density at radius 2 is 1.94 bits per heavy atom. The van der Waals surface area contributed by atoms with Crippen LogP contribution in [0.25, 0.3) is 21.8 Å². The molecule has 0 spiro atoms. The van der Waals surface area contributed by atoms with Crippen molar-refractivity contribution in [1.29, 1.82) is 0 Å². The van der Waals surface area contributed by atoms with E-state index in [0.29, 0.717) is 6.04 Å². The summed E-state index contributed by atoms with van der Waals surface area (Å²) in [4.78, 5) is 15.8. The molecule has 172 valence electrons. The van der Waals surface area contributed by atoms with Gasteiger partial charge in [-0.05, 0) is 63.5 Å². The molecule has 2 heterocycles. The van der Waals surface area contributed by atoms with Crippen molar-refractivity contribution < 1.29 is 0 Å². The summed E-state index contributed by atoms with van der Waals surface area (Å²) < 4.78 is 0. The minimum absolute atomic E-state index is 0.498. The molecule has 1 fully saturated rings. The van der Waals surface area contributed by atoms with Crippen LogP contribution in [0.1, 0.15) is 68.9 Å². The number of aromatic nitrogens is 3. The van der Waals surface area contributed by atoms with Crippen LogP contribution >= 0.6 is 11.3 Å². The van der Waals surface area contributed by atoms with E-state index in [0.717, 1.165) is 34.6 Å². The van der Waals surface area contributed by atoms with Crippen LogP contribution < -0.4 is 5.32 Å². The smallest absolute Gasteiger partial charge is 0.223 e.